The topological polar surface area (TPSA) is 38.8 Å². The zero-order valence-electron chi connectivity index (χ0n) is 13.7. The highest BCUT2D eigenvalue weighted by Gasteiger charge is 2.19. The predicted molar refractivity (Wildman–Crippen MR) is 87.1 cm³/mol. The van der Waals surface area contributed by atoms with Gasteiger partial charge in [0.25, 0.3) is 0 Å². The number of nitrogens with zero attached hydrogens (tertiary/aromatic N) is 1. The molecule has 1 aromatic carbocycles. The van der Waals surface area contributed by atoms with Gasteiger partial charge in [0, 0.05) is 26.7 Å². The van der Waals surface area contributed by atoms with Crippen molar-refractivity contribution in [2.75, 3.05) is 33.4 Å². The molecule has 1 heterocycles. The van der Waals surface area contributed by atoms with Gasteiger partial charge in [-0.15, -0.1) is 0 Å². The van der Waals surface area contributed by atoms with E-state index >= 15 is 0 Å². The van der Waals surface area contributed by atoms with Crippen LogP contribution in [0, 0.1) is 5.92 Å². The Morgan fingerprint density at radius 2 is 2.32 bits per heavy atom. The summed E-state index contributed by atoms with van der Waals surface area (Å²) in [5.74, 6) is 1.44. The van der Waals surface area contributed by atoms with Crippen molar-refractivity contribution < 1.29 is 14.3 Å². The Labute approximate surface area is 133 Å². The second-order valence-corrected chi connectivity index (χ2v) is 5.95. The lowest BCUT2D eigenvalue weighted by atomic mass is 9.98. The highest BCUT2D eigenvalue weighted by atomic mass is 16.5. The van der Waals surface area contributed by atoms with Gasteiger partial charge in [0.2, 0.25) is 5.91 Å². The summed E-state index contributed by atoms with van der Waals surface area (Å²) in [5, 5.41) is 0. The maximum Gasteiger partial charge on any atom is 0.222 e. The van der Waals surface area contributed by atoms with E-state index in [1.807, 2.05) is 19.2 Å². The first-order valence-electron chi connectivity index (χ1n) is 8.22. The van der Waals surface area contributed by atoms with Gasteiger partial charge in [0.05, 0.1) is 6.54 Å². The van der Waals surface area contributed by atoms with Crippen molar-refractivity contribution in [2.45, 2.75) is 32.6 Å². The summed E-state index contributed by atoms with van der Waals surface area (Å²) in [5.41, 5.74) is 1.26. The maximum absolute atomic E-state index is 12.2. The SMILES string of the molecule is CCc1cccc(OCCN(C)C(=O)C[C@H]2CCCOC2)c1. The van der Waals surface area contributed by atoms with E-state index in [-0.39, 0.29) is 5.91 Å². The van der Waals surface area contributed by atoms with E-state index in [9.17, 15) is 4.79 Å². The Morgan fingerprint density at radius 3 is 3.05 bits per heavy atom. The van der Waals surface area contributed by atoms with Gasteiger partial charge in [-0.1, -0.05) is 19.1 Å². The third-order valence-electron chi connectivity index (χ3n) is 4.15. The van der Waals surface area contributed by atoms with Crippen molar-refractivity contribution in [1.82, 2.24) is 4.90 Å². The number of hydrogen-bond acceptors (Lipinski definition) is 3. The minimum Gasteiger partial charge on any atom is -0.492 e. The highest BCUT2D eigenvalue weighted by Crippen LogP contribution is 2.18. The summed E-state index contributed by atoms with van der Waals surface area (Å²) in [6, 6.07) is 8.11. The molecule has 0 unspecified atom stereocenters. The standard InChI is InChI=1S/C18H27NO3/c1-3-15-6-4-8-17(12-15)22-11-9-19(2)18(20)13-16-7-5-10-21-14-16/h4,6,8,12,16H,3,5,7,9-11,13-14H2,1-2H3/t16-/m1/s1. The van der Waals surface area contributed by atoms with Crippen LogP contribution in [-0.4, -0.2) is 44.2 Å². The monoisotopic (exact) mass is 305 g/mol. The Kier molecular flexibility index (Phi) is 6.72. The molecule has 0 radical (unpaired) electrons. The molecule has 4 heteroatoms. The Balaban J connectivity index is 1.69. The molecule has 1 fully saturated rings. The quantitative estimate of drug-likeness (QED) is 0.777. The van der Waals surface area contributed by atoms with Gasteiger partial charge in [-0.05, 0) is 42.9 Å². The molecule has 122 valence electrons. The van der Waals surface area contributed by atoms with Crippen molar-refractivity contribution in [3.05, 3.63) is 29.8 Å². The Morgan fingerprint density at radius 1 is 1.45 bits per heavy atom. The molecule has 1 amide bonds. The average molecular weight is 305 g/mol. The van der Waals surface area contributed by atoms with Gasteiger partial charge in [0.15, 0.2) is 0 Å². The molecule has 0 bridgehead atoms. The molecule has 2 rings (SSSR count). The molecular formula is C18H27NO3. The first-order chi connectivity index (χ1) is 10.7. The van der Waals surface area contributed by atoms with Crippen LogP contribution < -0.4 is 4.74 Å². The fraction of sp³-hybridized carbons (Fsp3) is 0.611. The van der Waals surface area contributed by atoms with Crippen molar-refractivity contribution >= 4 is 5.91 Å². The largest absolute Gasteiger partial charge is 0.492 e. The van der Waals surface area contributed by atoms with Gasteiger partial charge < -0.3 is 14.4 Å². The van der Waals surface area contributed by atoms with Crippen LogP contribution in [-0.2, 0) is 16.0 Å². The lowest BCUT2D eigenvalue weighted by Gasteiger charge is -2.24. The van der Waals surface area contributed by atoms with Crippen LogP contribution in [0.15, 0.2) is 24.3 Å². The molecule has 1 aliphatic heterocycles. The molecule has 1 saturated heterocycles. The van der Waals surface area contributed by atoms with E-state index in [1.54, 1.807) is 4.90 Å². The van der Waals surface area contributed by atoms with Gasteiger partial charge in [-0.25, -0.2) is 0 Å². The summed E-state index contributed by atoms with van der Waals surface area (Å²) in [7, 11) is 1.85. The number of benzene rings is 1. The summed E-state index contributed by atoms with van der Waals surface area (Å²) < 4.78 is 11.2. The van der Waals surface area contributed by atoms with Gasteiger partial charge in [0.1, 0.15) is 12.4 Å². The molecule has 0 aliphatic carbocycles. The smallest absolute Gasteiger partial charge is 0.222 e. The number of carbonyl (C=O) groups excluding carboxylic acids is 1. The second kappa shape index (κ2) is 8.79. The van der Waals surface area contributed by atoms with Crippen LogP contribution >= 0.6 is 0 Å². The summed E-state index contributed by atoms with van der Waals surface area (Å²) >= 11 is 0. The number of hydrogen-bond donors (Lipinski definition) is 0. The number of ether oxygens (including phenoxy) is 2. The van der Waals surface area contributed by atoms with Crippen molar-refractivity contribution in [3.8, 4) is 5.75 Å². The zero-order chi connectivity index (χ0) is 15.8. The number of aryl methyl sites for hydroxylation is 1. The molecule has 1 atom stereocenters. The molecule has 22 heavy (non-hydrogen) atoms. The molecule has 4 nitrogen and oxygen atoms in total. The Bertz CT molecular complexity index is 469. The van der Waals surface area contributed by atoms with E-state index in [2.05, 4.69) is 19.1 Å². The minimum absolute atomic E-state index is 0.182. The lowest BCUT2D eigenvalue weighted by molar-refractivity contribution is -0.132. The summed E-state index contributed by atoms with van der Waals surface area (Å²) in [4.78, 5) is 13.9. The number of rotatable bonds is 7. The zero-order valence-corrected chi connectivity index (χ0v) is 13.7. The number of carbonyl (C=O) groups is 1. The van der Waals surface area contributed by atoms with Crippen LogP contribution in [0.25, 0.3) is 0 Å². The fourth-order valence-electron chi connectivity index (χ4n) is 2.65. The molecule has 0 saturated carbocycles. The first kappa shape index (κ1) is 16.8. The van der Waals surface area contributed by atoms with Crippen LogP contribution in [0.4, 0.5) is 0 Å². The predicted octanol–water partition coefficient (Wildman–Crippen LogP) is 2.90. The molecule has 0 spiro atoms. The second-order valence-electron chi connectivity index (χ2n) is 5.95. The van der Waals surface area contributed by atoms with Gasteiger partial charge in [-0.3, -0.25) is 4.79 Å². The van der Waals surface area contributed by atoms with E-state index in [0.717, 1.165) is 38.2 Å². The van der Waals surface area contributed by atoms with E-state index in [4.69, 9.17) is 9.47 Å². The fourth-order valence-corrected chi connectivity index (χ4v) is 2.65. The molecule has 1 aromatic rings. The minimum atomic E-state index is 0.182. The lowest BCUT2D eigenvalue weighted by Crippen LogP contribution is -2.33. The first-order valence-corrected chi connectivity index (χ1v) is 8.22. The van der Waals surface area contributed by atoms with Crippen molar-refractivity contribution in [1.29, 1.82) is 0 Å². The van der Waals surface area contributed by atoms with Crippen LogP contribution in [0.3, 0.4) is 0 Å². The number of likely N-dealkylation sites (N-methyl/N-ethyl adjacent to an activating group) is 1. The van der Waals surface area contributed by atoms with E-state index in [0.29, 0.717) is 25.5 Å². The maximum atomic E-state index is 12.2. The molecular weight excluding hydrogens is 278 g/mol. The summed E-state index contributed by atoms with van der Waals surface area (Å²) in [6.07, 6.45) is 3.75. The van der Waals surface area contributed by atoms with Crippen LogP contribution in [0.1, 0.15) is 31.7 Å². The third kappa shape index (κ3) is 5.34. The van der Waals surface area contributed by atoms with Gasteiger partial charge in [-0.2, -0.15) is 0 Å². The van der Waals surface area contributed by atoms with Crippen molar-refractivity contribution in [3.63, 3.8) is 0 Å². The van der Waals surface area contributed by atoms with E-state index < -0.39 is 0 Å². The molecule has 0 aromatic heterocycles. The molecule has 1 aliphatic rings. The number of amides is 1. The average Bonchev–Trinajstić information content (AvgIpc) is 2.56. The van der Waals surface area contributed by atoms with Crippen LogP contribution in [0.5, 0.6) is 5.75 Å². The third-order valence-corrected chi connectivity index (χ3v) is 4.15. The summed E-state index contributed by atoms with van der Waals surface area (Å²) in [6.45, 7) is 4.82. The van der Waals surface area contributed by atoms with Crippen molar-refractivity contribution in [2.24, 2.45) is 5.92 Å². The Hall–Kier alpha value is -1.55. The van der Waals surface area contributed by atoms with Gasteiger partial charge >= 0.3 is 0 Å². The molecule has 0 N–H and O–H groups in total. The van der Waals surface area contributed by atoms with Crippen LogP contribution in [0.2, 0.25) is 0 Å². The normalized spacial score (nSPS) is 18.0. The van der Waals surface area contributed by atoms with E-state index in [1.165, 1.54) is 5.56 Å². The highest BCUT2D eigenvalue weighted by molar-refractivity contribution is 5.76.